The molecule has 78 heavy (non-hydrogen) atoms. The van der Waals surface area contributed by atoms with Crippen molar-refractivity contribution in [2.45, 2.75) is 186 Å². The first-order valence-corrected chi connectivity index (χ1v) is 30.3. The van der Waals surface area contributed by atoms with Crippen LogP contribution >= 0.6 is 0 Å². The van der Waals surface area contributed by atoms with Crippen LogP contribution in [0.3, 0.4) is 0 Å². The highest BCUT2D eigenvalue weighted by atomic mass is 16.5. The highest BCUT2D eigenvalue weighted by Crippen LogP contribution is 2.62. The molecule has 4 aliphatic carbocycles. The van der Waals surface area contributed by atoms with Gasteiger partial charge in [-0.15, -0.1) is 0 Å². The predicted molar refractivity (Wildman–Crippen MR) is 305 cm³/mol. The zero-order valence-electron chi connectivity index (χ0n) is 47.4. The Balaban J connectivity index is 1.10. The van der Waals surface area contributed by atoms with Gasteiger partial charge in [0.25, 0.3) is 0 Å². The van der Waals surface area contributed by atoms with Crippen molar-refractivity contribution in [1.29, 1.82) is 0 Å². The molecule has 428 valence electrons. The number of nitrogens with zero attached hydrogens (tertiary/aromatic N) is 1. The number of rotatable bonds is 10. The number of ether oxygens (including phenoxy) is 4. The second kappa shape index (κ2) is 24.3. The van der Waals surface area contributed by atoms with E-state index >= 15 is 0 Å². The van der Waals surface area contributed by atoms with Gasteiger partial charge < -0.3 is 60.6 Å². The molecule has 2 saturated carbocycles. The number of nitrogens with two attached hydrogens (primary N) is 1. The molecule has 0 radical (unpaired) electrons. The lowest BCUT2D eigenvalue weighted by Crippen LogP contribution is -2.49. The van der Waals surface area contributed by atoms with Gasteiger partial charge in [0.15, 0.2) is 17.5 Å². The monoisotopic (exact) mass is 1080 g/mol. The Hall–Kier alpha value is -4.53. The Morgan fingerprint density at radius 3 is 2.46 bits per heavy atom. The Labute approximate surface area is 464 Å². The van der Waals surface area contributed by atoms with Gasteiger partial charge in [0.05, 0.1) is 32.0 Å². The van der Waals surface area contributed by atoms with Gasteiger partial charge in [-0.05, 0) is 188 Å². The lowest BCUT2D eigenvalue weighted by atomic mass is 9.57. The average Bonchev–Trinajstić information content (AvgIpc) is 3.74. The number of aliphatic hydroxyl groups is 4. The van der Waals surface area contributed by atoms with Crippen LogP contribution in [0.2, 0.25) is 0 Å². The van der Waals surface area contributed by atoms with Crippen LogP contribution in [0.25, 0.3) is 11.1 Å². The molecule has 0 unspecified atom stereocenters. The van der Waals surface area contributed by atoms with Crippen LogP contribution in [0, 0.1) is 52.3 Å². The minimum absolute atomic E-state index is 0.00330. The molecular weight excluding hydrogens is 983 g/mol. The van der Waals surface area contributed by atoms with E-state index in [1.165, 1.54) is 6.42 Å². The highest BCUT2D eigenvalue weighted by molar-refractivity contribution is 5.84. The summed E-state index contributed by atoms with van der Waals surface area (Å²) in [6.07, 6.45) is 18.2. The molecule has 3 aromatic carbocycles. The molecule has 13 nitrogen and oxygen atoms in total. The van der Waals surface area contributed by atoms with Gasteiger partial charge in [-0.3, -0.25) is 4.99 Å². The third-order valence-electron chi connectivity index (χ3n) is 20.5. The quantitative estimate of drug-likeness (QED) is 0.0705. The first-order chi connectivity index (χ1) is 37.7. The summed E-state index contributed by atoms with van der Waals surface area (Å²) >= 11 is 0. The number of aromatic hydroxyl groups is 2. The van der Waals surface area contributed by atoms with Gasteiger partial charge >= 0.3 is 0 Å². The topological polar surface area (TPSA) is 209 Å². The number of guanidine groups is 1. The molecule has 0 aromatic heterocycles. The maximum absolute atomic E-state index is 12.8. The van der Waals surface area contributed by atoms with Crippen LogP contribution in [0.4, 0.5) is 0 Å². The van der Waals surface area contributed by atoms with Crippen molar-refractivity contribution in [2.24, 2.45) is 63.0 Å². The zero-order chi connectivity index (χ0) is 54.9. The number of aliphatic hydroxyl groups excluding tert-OH is 4. The Morgan fingerprint density at radius 2 is 1.68 bits per heavy atom. The molecule has 13 rings (SSSR count). The molecule has 3 aromatic rings. The summed E-state index contributed by atoms with van der Waals surface area (Å²) in [5.41, 5.74) is 13.1. The molecule has 2 spiro atoms. The summed E-state index contributed by atoms with van der Waals surface area (Å²) in [6.45, 7) is 10.6. The zero-order valence-corrected chi connectivity index (χ0v) is 47.4. The van der Waals surface area contributed by atoms with Crippen molar-refractivity contribution in [2.75, 3.05) is 40.0 Å². The predicted octanol–water partition coefficient (Wildman–Crippen LogP) is 10.6. The van der Waals surface area contributed by atoms with E-state index in [1.807, 2.05) is 18.2 Å². The minimum Gasteiger partial charge on any atom is -0.508 e. The Bertz CT molecular complexity index is 2620. The van der Waals surface area contributed by atoms with Crippen LogP contribution in [-0.2, 0) is 24.0 Å². The van der Waals surface area contributed by atoms with E-state index in [1.54, 1.807) is 19.2 Å². The second-order valence-electron chi connectivity index (χ2n) is 25.8. The number of methoxy groups -OCH3 is 1. The molecule has 0 amide bonds. The first kappa shape index (κ1) is 56.7. The summed E-state index contributed by atoms with van der Waals surface area (Å²) in [5, 5.41) is 73.0. The number of phenols is 2. The average molecular weight is 1080 g/mol. The summed E-state index contributed by atoms with van der Waals surface area (Å²) in [4.78, 5) is 5.15. The standard InChI is InChI=1S/C65H93N3O10/c1-6-7-8-11-39(4)49-26-41-15-14-40(49)25-46(71)33-65(20-10-19-64(65)21-23-76-47(34-64)36-70)37-68-63(66)67-22-18-48-43(35-69)12-9-13-56(48)77-58-30-42(16-17-53(58)72)62-55(74)31-52-57(78-62)32-59(75-5)61-51-28-45(24-38(2)3)54(73)29-44(51)27-50(41)60(52)61/h14-17,28-30,32,38-41,43,46-50,55-56,62,69-74H,6-13,18-27,31,33-37H2,1-5H3,(H3,66,67,68)/t39-,40-,41-,43-,46-,47+,48-,49-,50-,55+,56-,62-,64+,65-/m0/s1. The molecule has 9 N–H and O–H groups in total. The Morgan fingerprint density at radius 1 is 0.859 bits per heavy atom. The van der Waals surface area contributed by atoms with E-state index in [0.717, 1.165) is 117 Å². The third kappa shape index (κ3) is 11.4. The van der Waals surface area contributed by atoms with E-state index in [0.29, 0.717) is 98.2 Å². The summed E-state index contributed by atoms with van der Waals surface area (Å²) in [6, 6.07) is 11.4. The van der Waals surface area contributed by atoms with Gasteiger partial charge in [0, 0.05) is 55.8 Å². The first-order valence-electron chi connectivity index (χ1n) is 30.3. The highest BCUT2D eigenvalue weighted by Gasteiger charge is 2.57. The van der Waals surface area contributed by atoms with Crippen molar-refractivity contribution < 1.29 is 49.6 Å². The van der Waals surface area contributed by atoms with Crippen LogP contribution < -0.4 is 25.3 Å². The SMILES string of the molecule is CCCCC[C@H](C)[C@@H]1C[C@@H]2C=C[C@H]1C[C@H](O)C[C@@]1(CCC[C@]13CCO[C@@H](CO)C3)CN=C(N)NCC[C@H]1[C@H](CO)CCC[C@@H]1Oc1cc(ccc1O)[C@@H]1Oc3cc(OC)c4c(c3C[C@H]1O)[C@H]2Cc1cc(O)c(CC(C)C)cc1-4. The molecule has 1 saturated heterocycles. The fourth-order valence-electron chi connectivity index (χ4n) is 16.5. The van der Waals surface area contributed by atoms with E-state index < -0.39 is 18.3 Å². The van der Waals surface area contributed by atoms with Crippen LogP contribution in [-0.4, -0.2) is 101 Å². The van der Waals surface area contributed by atoms with Crippen molar-refractivity contribution in [1.82, 2.24) is 5.32 Å². The van der Waals surface area contributed by atoms with Crippen LogP contribution in [0.1, 0.15) is 170 Å². The van der Waals surface area contributed by atoms with Crippen LogP contribution in [0.5, 0.6) is 28.7 Å². The molecule has 10 aliphatic rings. The number of aliphatic imine (C=N–C) groups is 1. The summed E-state index contributed by atoms with van der Waals surface area (Å²) in [7, 11) is 1.72. The van der Waals surface area contributed by atoms with Gasteiger partial charge in [-0.2, -0.15) is 0 Å². The van der Waals surface area contributed by atoms with E-state index in [9.17, 15) is 30.6 Å². The fourth-order valence-corrected chi connectivity index (χ4v) is 16.5. The third-order valence-corrected chi connectivity index (χ3v) is 20.5. The summed E-state index contributed by atoms with van der Waals surface area (Å²) < 4.78 is 26.4. The minimum atomic E-state index is -0.930. The normalized spacial score (nSPS) is 33.4. The molecule has 3 fully saturated rings. The maximum atomic E-state index is 12.8. The van der Waals surface area contributed by atoms with Crippen molar-refractivity contribution >= 4 is 5.96 Å². The van der Waals surface area contributed by atoms with Gasteiger partial charge in [-0.25, -0.2) is 0 Å². The van der Waals surface area contributed by atoms with Crippen molar-refractivity contribution in [3.63, 3.8) is 0 Å². The number of unbranched alkanes of at least 4 members (excludes halogenated alkanes) is 2. The number of hydrogen-bond acceptors (Lipinski definition) is 13. The largest absolute Gasteiger partial charge is 0.508 e. The number of allylic oxidation sites excluding steroid dienone is 2. The number of nitrogens with one attached hydrogen (secondary N) is 1. The molecule has 6 heterocycles. The lowest BCUT2D eigenvalue weighted by Gasteiger charge is -2.51. The van der Waals surface area contributed by atoms with Gasteiger partial charge in [-0.1, -0.05) is 78.0 Å². The van der Waals surface area contributed by atoms with Crippen LogP contribution in [0.15, 0.2) is 53.5 Å². The second-order valence-corrected chi connectivity index (χ2v) is 25.8. The van der Waals surface area contributed by atoms with Crippen molar-refractivity contribution in [3.05, 3.63) is 76.4 Å². The van der Waals surface area contributed by atoms with E-state index in [2.05, 4.69) is 51.2 Å². The smallest absolute Gasteiger partial charge is 0.188 e. The molecule has 14 atom stereocenters. The fraction of sp³-hybridized carbons (Fsp3) is 0.677. The molecule has 13 heteroatoms. The Kier molecular flexibility index (Phi) is 17.7. The summed E-state index contributed by atoms with van der Waals surface area (Å²) in [5.74, 6) is 3.52. The number of phenolic OH excluding ortho intramolecular Hbond substituents is 2. The molecule has 8 bridgehead atoms. The number of hydrogen-bond donors (Lipinski definition) is 8. The van der Waals surface area contributed by atoms with Gasteiger partial charge in [0.2, 0.25) is 0 Å². The van der Waals surface area contributed by atoms with Crippen molar-refractivity contribution in [3.8, 4) is 39.9 Å². The lowest BCUT2D eigenvalue weighted by molar-refractivity contribution is -0.116. The number of benzene rings is 3. The molecule has 6 aliphatic heterocycles. The number of fused-ring (bicyclic) bond motifs is 2. The van der Waals surface area contributed by atoms with E-state index in [4.69, 9.17) is 29.7 Å². The maximum Gasteiger partial charge on any atom is 0.188 e. The molecular formula is C65H93N3O10. The van der Waals surface area contributed by atoms with Gasteiger partial charge in [0.1, 0.15) is 29.5 Å². The van der Waals surface area contributed by atoms with E-state index in [-0.39, 0.29) is 77.5 Å².